The average molecular weight is 164 g/mol. The lowest BCUT2D eigenvalue weighted by Crippen LogP contribution is -2.35. The molecule has 0 aliphatic carbocycles. The zero-order chi connectivity index (χ0) is 7.61. The Bertz CT molecular complexity index is 108. The molecular formula is C6H14NO2S. The lowest BCUT2D eigenvalue weighted by atomic mass is 10.5. The monoisotopic (exact) mass is 164 g/mol. The van der Waals surface area contributed by atoms with Gasteiger partial charge in [0, 0.05) is 19.6 Å². The first-order chi connectivity index (χ1) is 4.64. The Balaban J connectivity index is 2.31. The molecule has 0 amide bonds. The molecule has 1 rings (SSSR count). The zero-order valence-corrected chi connectivity index (χ0v) is 6.97. The summed E-state index contributed by atoms with van der Waals surface area (Å²) < 4.78 is 18.4. The molecule has 0 aromatic carbocycles. The second-order valence-electron chi connectivity index (χ2n) is 2.50. The molecule has 1 aliphatic heterocycles. The third-order valence-electron chi connectivity index (χ3n) is 1.78. The zero-order valence-electron chi connectivity index (χ0n) is 6.16. The van der Waals surface area contributed by atoms with Crippen LogP contribution in [-0.2, 0) is 0 Å². The van der Waals surface area contributed by atoms with Crippen molar-refractivity contribution in [3.63, 3.8) is 0 Å². The molecule has 0 bridgehead atoms. The van der Waals surface area contributed by atoms with Gasteiger partial charge in [-0.1, -0.05) is 0 Å². The van der Waals surface area contributed by atoms with E-state index in [0.29, 0.717) is 11.5 Å². The fraction of sp³-hybridized carbons (Fsp3) is 0.833. The van der Waals surface area contributed by atoms with Crippen LogP contribution >= 0.6 is 10.6 Å². The van der Waals surface area contributed by atoms with Gasteiger partial charge in [0.1, 0.15) is 0 Å². The van der Waals surface area contributed by atoms with Gasteiger partial charge in [-0.25, -0.2) is 0 Å². The van der Waals surface area contributed by atoms with Crippen LogP contribution in [0, 0.1) is 6.54 Å². The van der Waals surface area contributed by atoms with Crippen molar-refractivity contribution in [2.24, 2.45) is 0 Å². The highest BCUT2D eigenvalue weighted by atomic mass is 32.3. The van der Waals surface area contributed by atoms with Gasteiger partial charge in [-0.05, 0) is 6.92 Å². The number of rotatable bonds is 1. The molecule has 0 unspecified atom stereocenters. The van der Waals surface area contributed by atoms with Gasteiger partial charge in [0.2, 0.25) is 0 Å². The summed E-state index contributed by atoms with van der Waals surface area (Å²) >= 11 is 0. The molecule has 1 radical (unpaired) electrons. The lowest BCUT2D eigenvalue weighted by molar-refractivity contribution is 0.344. The van der Waals surface area contributed by atoms with Gasteiger partial charge in [0.15, 0.2) is 0 Å². The van der Waals surface area contributed by atoms with Crippen LogP contribution < -0.4 is 0 Å². The van der Waals surface area contributed by atoms with Crippen LogP contribution in [0.5, 0.6) is 0 Å². The van der Waals surface area contributed by atoms with Crippen LogP contribution in [0.1, 0.15) is 6.92 Å². The highest BCUT2D eigenvalue weighted by Crippen LogP contribution is 2.40. The minimum absolute atomic E-state index is 0.539. The van der Waals surface area contributed by atoms with Gasteiger partial charge in [0.05, 0.1) is 11.5 Å². The van der Waals surface area contributed by atoms with Gasteiger partial charge >= 0.3 is 0 Å². The molecule has 1 aliphatic rings. The minimum atomic E-state index is -2.19. The molecule has 3 nitrogen and oxygen atoms in total. The van der Waals surface area contributed by atoms with Crippen molar-refractivity contribution in [3.05, 3.63) is 6.54 Å². The highest BCUT2D eigenvalue weighted by Gasteiger charge is 2.20. The van der Waals surface area contributed by atoms with E-state index in [9.17, 15) is 9.11 Å². The van der Waals surface area contributed by atoms with E-state index in [1.165, 1.54) is 0 Å². The molecule has 0 saturated carbocycles. The Morgan fingerprint density at radius 2 is 1.80 bits per heavy atom. The van der Waals surface area contributed by atoms with Crippen LogP contribution in [-0.4, -0.2) is 38.6 Å². The molecule has 0 spiro atoms. The fourth-order valence-corrected chi connectivity index (χ4v) is 2.26. The maximum atomic E-state index is 9.19. The van der Waals surface area contributed by atoms with Gasteiger partial charge in [-0.2, -0.15) is 10.6 Å². The summed E-state index contributed by atoms with van der Waals surface area (Å²) in [6.45, 7) is 5.55. The van der Waals surface area contributed by atoms with Gasteiger partial charge in [0.25, 0.3) is 0 Å². The summed E-state index contributed by atoms with van der Waals surface area (Å²) in [5.41, 5.74) is 0. The Morgan fingerprint density at radius 3 is 2.20 bits per heavy atom. The summed E-state index contributed by atoms with van der Waals surface area (Å²) in [6, 6.07) is 0. The Hall–Kier alpha value is 0.230. The molecule has 1 saturated heterocycles. The minimum Gasteiger partial charge on any atom is -0.299 e. The number of hydrogen-bond acceptors (Lipinski definition) is 3. The van der Waals surface area contributed by atoms with Crippen molar-refractivity contribution in [2.75, 3.05) is 24.6 Å². The third kappa shape index (κ3) is 2.12. The molecule has 61 valence electrons. The van der Waals surface area contributed by atoms with Gasteiger partial charge < -0.3 is 0 Å². The van der Waals surface area contributed by atoms with E-state index in [4.69, 9.17) is 0 Å². The van der Waals surface area contributed by atoms with Crippen molar-refractivity contribution < 1.29 is 9.11 Å². The maximum absolute atomic E-state index is 9.19. The van der Waals surface area contributed by atoms with E-state index in [1.807, 2.05) is 13.5 Å². The van der Waals surface area contributed by atoms with Crippen LogP contribution in [0.3, 0.4) is 0 Å². The third-order valence-corrected chi connectivity index (χ3v) is 3.45. The van der Waals surface area contributed by atoms with E-state index in [1.54, 1.807) is 0 Å². The average Bonchev–Trinajstić information content (AvgIpc) is 1.88. The maximum Gasteiger partial charge on any atom is 0.0502 e. The van der Waals surface area contributed by atoms with Crippen LogP contribution in [0.15, 0.2) is 0 Å². The smallest absolute Gasteiger partial charge is 0.0502 e. The summed E-state index contributed by atoms with van der Waals surface area (Å²) in [7, 11) is -2.19. The Morgan fingerprint density at radius 1 is 1.30 bits per heavy atom. The molecule has 4 heteroatoms. The second kappa shape index (κ2) is 3.09. The first-order valence-corrected chi connectivity index (χ1v) is 5.30. The molecule has 1 heterocycles. The van der Waals surface area contributed by atoms with Crippen LogP contribution in [0.4, 0.5) is 0 Å². The molecule has 10 heavy (non-hydrogen) atoms. The molecule has 0 atom stereocenters. The fourth-order valence-electron chi connectivity index (χ4n) is 0.999. The first-order valence-electron chi connectivity index (χ1n) is 3.41. The van der Waals surface area contributed by atoms with E-state index >= 15 is 0 Å². The van der Waals surface area contributed by atoms with E-state index < -0.39 is 10.6 Å². The van der Waals surface area contributed by atoms with E-state index in [-0.39, 0.29) is 0 Å². The van der Waals surface area contributed by atoms with Crippen molar-refractivity contribution >= 4 is 10.6 Å². The molecule has 2 N–H and O–H groups in total. The standard InChI is InChI=1S/C6H14NO2S/c1-2-7-3-5-10(8,9)6-4-7/h2,8-9H,3-6H2,1H3. The lowest BCUT2D eigenvalue weighted by Gasteiger charge is -2.40. The van der Waals surface area contributed by atoms with Crippen molar-refractivity contribution in [3.8, 4) is 0 Å². The predicted octanol–water partition coefficient (Wildman–Crippen LogP) is 1.23. The normalized spacial score (nSPS) is 29.9. The molecule has 0 aromatic rings. The topological polar surface area (TPSA) is 43.7 Å². The van der Waals surface area contributed by atoms with Crippen LogP contribution in [0.2, 0.25) is 0 Å². The second-order valence-corrected chi connectivity index (χ2v) is 4.93. The van der Waals surface area contributed by atoms with Gasteiger partial charge in [-0.3, -0.25) is 14.0 Å². The number of hydrogen-bond donors (Lipinski definition) is 2. The molecule has 1 fully saturated rings. The van der Waals surface area contributed by atoms with Crippen LogP contribution in [0.25, 0.3) is 0 Å². The Labute approximate surface area is 63.4 Å². The first kappa shape index (κ1) is 8.33. The summed E-state index contributed by atoms with van der Waals surface area (Å²) in [6.07, 6.45) is 0. The Kier molecular flexibility index (Phi) is 2.57. The van der Waals surface area contributed by atoms with Crippen molar-refractivity contribution in [1.29, 1.82) is 0 Å². The quantitative estimate of drug-likeness (QED) is 0.612. The summed E-state index contributed by atoms with van der Waals surface area (Å²) in [5.74, 6) is 1.08. The molecule has 0 aromatic heterocycles. The largest absolute Gasteiger partial charge is 0.299 e. The van der Waals surface area contributed by atoms with E-state index in [2.05, 4.69) is 4.90 Å². The summed E-state index contributed by atoms with van der Waals surface area (Å²) in [4.78, 5) is 2.11. The number of nitrogens with zero attached hydrogens (tertiary/aromatic N) is 1. The predicted molar refractivity (Wildman–Crippen MR) is 44.1 cm³/mol. The van der Waals surface area contributed by atoms with Crippen molar-refractivity contribution in [2.45, 2.75) is 6.92 Å². The van der Waals surface area contributed by atoms with E-state index in [0.717, 1.165) is 13.1 Å². The SMILES string of the molecule is C[CH]N1CCS(O)(O)CC1. The van der Waals surface area contributed by atoms with Gasteiger partial charge in [-0.15, -0.1) is 0 Å². The highest BCUT2D eigenvalue weighted by molar-refractivity contribution is 8.24. The molecular weight excluding hydrogens is 150 g/mol. The van der Waals surface area contributed by atoms with Crippen molar-refractivity contribution in [1.82, 2.24) is 4.90 Å². The summed E-state index contributed by atoms with van der Waals surface area (Å²) in [5, 5.41) is 0.